The van der Waals surface area contributed by atoms with Gasteiger partial charge in [-0.15, -0.1) is 0 Å². The highest BCUT2D eigenvalue weighted by molar-refractivity contribution is 6.08. The summed E-state index contributed by atoms with van der Waals surface area (Å²) in [5.41, 5.74) is 1.31. The van der Waals surface area contributed by atoms with Crippen molar-refractivity contribution < 1.29 is 4.79 Å². The summed E-state index contributed by atoms with van der Waals surface area (Å²) in [7, 11) is 1.65. The van der Waals surface area contributed by atoms with Crippen LogP contribution in [-0.4, -0.2) is 62.8 Å². The van der Waals surface area contributed by atoms with E-state index in [1.165, 1.54) is 4.68 Å². The van der Waals surface area contributed by atoms with E-state index in [1.54, 1.807) is 13.2 Å². The van der Waals surface area contributed by atoms with E-state index >= 15 is 0 Å². The highest BCUT2D eigenvalue weighted by atomic mass is 16.2. The summed E-state index contributed by atoms with van der Waals surface area (Å²) in [6.07, 6.45) is 3.49. The SMILES string of the molecule is CCCN1CCN(C(=O)C(CC)n2c3ccccc3c3cnn(C)c(=O)c32)CC1. The Morgan fingerprint density at radius 2 is 1.83 bits per heavy atom. The largest absolute Gasteiger partial charge is 0.338 e. The second kappa shape index (κ2) is 7.99. The van der Waals surface area contributed by atoms with E-state index in [-0.39, 0.29) is 11.5 Å². The number of nitrogens with zero attached hydrogens (tertiary/aromatic N) is 5. The third-order valence-electron chi connectivity index (χ3n) is 6.01. The molecule has 154 valence electrons. The van der Waals surface area contributed by atoms with Gasteiger partial charge in [0.05, 0.1) is 11.7 Å². The van der Waals surface area contributed by atoms with Crippen LogP contribution in [0.3, 0.4) is 0 Å². The molecule has 1 saturated heterocycles. The van der Waals surface area contributed by atoms with E-state index in [0.717, 1.165) is 55.4 Å². The van der Waals surface area contributed by atoms with Gasteiger partial charge in [0.15, 0.2) is 0 Å². The molecule has 1 aliphatic heterocycles. The summed E-state index contributed by atoms with van der Waals surface area (Å²) >= 11 is 0. The van der Waals surface area contributed by atoms with E-state index in [9.17, 15) is 9.59 Å². The van der Waals surface area contributed by atoms with Crippen LogP contribution in [0.1, 0.15) is 32.7 Å². The molecular weight excluding hydrogens is 366 g/mol. The van der Waals surface area contributed by atoms with Crippen LogP contribution in [0.4, 0.5) is 0 Å². The van der Waals surface area contributed by atoms with Crippen molar-refractivity contribution in [2.75, 3.05) is 32.7 Å². The Morgan fingerprint density at radius 1 is 1.10 bits per heavy atom. The quantitative estimate of drug-likeness (QED) is 0.666. The lowest BCUT2D eigenvalue weighted by Crippen LogP contribution is -2.50. The zero-order valence-electron chi connectivity index (χ0n) is 17.5. The van der Waals surface area contributed by atoms with Crippen LogP contribution in [-0.2, 0) is 11.8 Å². The Labute approximate surface area is 170 Å². The third kappa shape index (κ3) is 3.33. The van der Waals surface area contributed by atoms with E-state index in [0.29, 0.717) is 11.9 Å². The Kier molecular flexibility index (Phi) is 5.41. The van der Waals surface area contributed by atoms with Gasteiger partial charge in [-0.2, -0.15) is 5.10 Å². The molecule has 0 radical (unpaired) electrons. The van der Waals surface area contributed by atoms with Crippen molar-refractivity contribution in [3.05, 3.63) is 40.8 Å². The van der Waals surface area contributed by atoms with Crippen molar-refractivity contribution in [3.63, 3.8) is 0 Å². The van der Waals surface area contributed by atoms with Crippen LogP contribution >= 0.6 is 0 Å². The van der Waals surface area contributed by atoms with Crippen molar-refractivity contribution in [2.45, 2.75) is 32.7 Å². The minimum Gasteiger partial charge on any atom is -0.338 e. The molecule has 1 amide bonds. The lowest BCUT2D eigenvalue weighted by molar-refractivity contribution is -0.136. The first-order chi connectivity index (χ1) is 14.1. The van der Waals surface area contributed by atoms with Crippen LogP contribution in [0.15, 0.2) is 35.3 Å². The van der Waals surface area contributed by atoms with Gasteiger partial charge < -0.3 is 9.47 Å². The first kappa shape index (κ1) is 19.6. The summed E-state index contributed by atoms with van der Waals surface area (Å²) in [6, 6.07) is 7.50. The van der Waals surface area contributed by atoms with Crippen LogP contribution in [0.5, 0.6) is 0 Å². The smallest absolute Gasteiger partial charge is 0.291 e. The third-order valence-corrected chi connectivity index (χ3v) is 6.01. The van der Waals surface area contributed by atoms with Crippen LogP contribution in [0.25, 0.3) is 21.8 Å². The molecule has 1 fully saturated rings. The number of hydrogen-bond acceptors (Lipinski definition) is 4. The van der Waals surface area contributed by atoms with Gasteiger partial charge >= 0.3 is 0 Å². The molecular formula is C22H29N5O2. The van der Waals surface area contributed by atoms with Gasteiger partial charge in [-0.3, -0.25) is 14.5 Å². The van der Waals surface area contributed by atoms with E-state index in [1.807, 2.05) is 40.7 Å². The summed E-state index contributed by atoms with van der Waals surface area (Å²) in [6.45, 7) is 8.58. The monoisotopic (exact) mass is 395 g/mol. The highest BCUT2D eigenvalue weighted by Crippen LogP contribution is 2.31. The van der Waals surface area contributed by atoms with Crippen LogP contribution in [0.2, 0.25) is 0 Å². The number of piperazine rings is 1. The molecule has 2 aromatic heterocycles. The molecule has 29 heavy (non-hydrogen) atoms. The van der Waals surface area contributed by atoms with Crippen molar-refractivity contribution >= 4 is 27.7 Å². The number of aromatic nitrogens is 3. The number of benzene rings is 1. The maximum Gasteiger partial charge on any atom is 0.291 e. The van der Waals surface area contributed by atoms with E-state index in [4.69, 9.17) is 0 Å². The number of aryl methyl sites for hydroxylation is 1. The van der Waals surface area contributed by atoms with Crippen molar-refractivity contribution in [3.8, 4) is 0 Å². The van der Waals surface area contributed by atoms with Gasteiger partial charge in [-0.25, -0.2) is 4.68 Å². The second-order valence-electron chi connectivity index (χ2n) is 7.81. The molecule has 3 aromatic rings. The molecule has 0 bridgehead atoms. The Hall–Kier alpha value is -2.67. The zero-order chi connectivity index (χ0) is 20.5. The van der Waals surface area contributed by atoms with Gasteiger partial charge in [-0.1, -0.05) is 32.0 Å². The van der Waals surface area contributed by atoms with Crippen molar-refractivity contribution in [1.29, 1.82) is 0 Å². The molecule has 1 atom stereocenters. The molecule has 3 heterocycles. The minimum atomic E-state index is -0.398. The summed E-state index contributed by atoms with van der Waals surface area (Å²) in [5, 5.41) is 5.98. The molecule has 0 spiro atoms. The predicted molar refractivity (Wildman–Crippen MR) is 115 cm³/mol. The fraction of sp³-hybridized carbons (Fsp3) is 0.500. The molecule has 0 saturated carbocycles. The Balaban J connectivity index is 1.78. The maximum absolute atomic E-state index is 13.5. The molecule has 1 aromatic carbocycles. The lowest BCUT2D eigenvalue weighted by Gasteiger charge is -2.36. The topological polar surface area (TPSA) is 63.4 Å². The molecule has 1 unspecified atom stereocenters. The number of para-hydroxylation sites is 1. The molecule has 0 N–H and O–H groups in total. The predicted octanol–water partition coefficient (Wildman–Crippen LogP) is 2.39. The van der Waals surface area contributed by atoms with Gasteiger partial charge in [0.1, 0.15) is 11.6 Å². The second-order valence-corrected chi connectivity index (χ2v) is 7.81. The zero-order valence-corrected chi connectivity index (χ0v) is 17.5. The number of amides is 1. The summed E-state index contributed by atoms with van der Waals surface area (Å²) < 4.78 is 3.30. The van der Waals surface area contributed by atoms with Gasteiger partial charge in [0.2, 0.25) is 5.91 Å². The first-order valence-corrected chi connectivity index (χ1v) is 10.5. The number of fused-ring (bicyclic) bond motifs is 3. The average molecular weight is 396 g/mol. The Morgan fingerprint density at radius 3 is 2.52 bits per heavy atom. The molecule has 0 aliphatic carbocycles. The molecule has 7 heteroatoms. The van der Waals surface area contributed by atoms with E-state index < -0.39 is 6.04 Å². The number of hydrogen-bond donors (Lipinski definition) is 0. The van der Waals surface area contributed by atoms with Gasteiger partial charge in [0.25, 0.3) is 5.56 Å². The minimum absolute atomic E-state index is 0.102. The normalized spacial score (nSPS) is 16.6. The fourth-order valence-corrected chi connectivity index (χ4v) is 4.50. The first-order valence-electron chi connectivity index (χ1n) is 10.5. The van der Waals surface area contributed by atoms with Crippen LogP contribution < -0.4 is 5.56 Å². The molecule has 7 nitrogen and oxygen atoms in total. The van der Waals surface area contributed by atoms with Crippen molar-refractivity contribution in [2.24, 2.45) is 7.05 Å². The molecule has 4 rings (SSSR count). The fourth-order valence-electron chi connectivity index (χ4n) is 4.50. The highest BCUT2D eigenvalue weighted by Gasteiger charge is 2.30. The van der Waals surface area contributed by atoms with Gasteiger partial charge in [-0.05, 0) is 25.5 Å². The van der Waals surface area contributed by atoms with Crippen molar-refractivity contribution in [1.82, 2.24) is 24.1 Å². The van der Waals surface area contributed by atoms with Crippen LogP contribution in [0, 0.1) is 0 Å². The maximum atomic E-state index is 13.5. The summed E-state index contributed by atoms with van der Waals surface area (Å²) in [4.78, 5) is 30.9. The summed E-state index contributed by atoms with van der Waals surface area (Å²) in [5.74, 6) is 0.102. The number of carbonyl (C=O) groups is 1. The standard InChI is InChI=1S/C22H29N5O2/c1-4-10-25-11-13-26(14-12-25)21(28)18(5-2)27-19-9-7-6-8-16(19)17-15-23-24(3)22(29)20(17)27/h6-9,15,18H,4-5,10-14H2,1-3H3. The Bertz CT molecular complexity index is 1090. The number of rotatable bonds is 5. The van der Waals surface area contributed by atoms with Gasteiger partial charge in [0, 0.05) is 44.0 Å². The number of carbonyl (C=O) groups excluding carboxylic acids is 1. The van der Waals surface area contributed by atoms with E-state index in [2.05, 4.69) is 16.9 Å². The lowest BCUT2D eigenvalue weighted by atomic mass is 10.1. The molecule has 1 aliphatic rings. The average Bonchev–Trinajstić information content (AvgIpc) is 3.07.